The van der Waals surface area contributed by atoms with Gasteiger partial charge in [-0.05, 0) is 35.7 Å². The molecule has 0 fully saturated rings. The van der Waals surface area contributed by atoms with Crippen molar-refractivity contribution in [3.8, 4) is 5.75 Å². The third-order valence-electron chi connectivity index (χ3n) is 3.67. The largest absolute Gasteiger partial charge is 0.507 e. The highest BCUT2D eigenvalue weighted by molar-refractivity contribution is 7.89. The minimum atomic E-state index is -4.59. The molecule has 0 aliphatic heterocycles. The van der Waals surface area contributed by atoms with Crippen molar-refractivity contribution in [3.63, 3.8) is 0 Å². The zero-order valence-corrected chi connectivity index (χ0v) is 17.3. The molecule has 0 atom stereocenters. The van der Waals surface area contributed by atoms with Gasteiger partial charge >= 0.3 is 0 Å². The van der Waals surface area contributed by atoms with Gasteiger partial charge < -0.3 is 10.8 Å². The summed E-state index contributed by atoms with van der Waals surface area (Å²) in [5.41, 5.74) is 5.39. The van der Waals surface area contributed by atoms with Gasteiger partial charge in [-0.25, -0.2) is 13.6 Å². The summed E-state index contributed by atoms with van der Waals surface area (Å²) in [5, 5.41) is 14.5. The summed E-state index contributed by atoms with van der Waals surface area (Å²) < 4.78 is 83.3. The van der Waals surface area contributed by atoms with E-state index in [4.69, 9.17) is 20.0 Å². The molecule has 0 aromatic heterocycles. The number of fused-ring (bicyclic) bond motifs is 1. The van der Waals surface area contributed by atoms with Gasteiger partial charge in [0.2, 0.25) is 10.0 Å². The molecule has 0 aliphatic carbocycles. The molecule has 0 saturated heterocycles. The Morgan fingerprint density at radius 2 is 1.17 bits per heavy atom. The number of benzene rings is 3. The second kappa shape index (κ2) is 8.17. The summed E-state index contributed by atoms with van der Waals surface area (Å²) in [5.74, 6) is -0.547. The van der Waals surface area contributed by atoms with Gasteiger partial charge in [-0.15, -0.1) is 0 Å². The van der Waals surface area contributed by atoms with Crippen LogP contribution >= 0.6 is 0 Å². The molecule has 30 heavy (non-hydrogen) atoms. The first-order valence-corrected chi connectivity index (χ1v) is 12.1. The van der Waals surface area contributed by atoms with E-state index in [1.54, 1.807) is 18.2 Å². The Morgan fingerprint density at radius 1 is 0.700 bits per heavy atom. The van der Waals surface area contributed by atoms with Crippen LogP contribution in [0.25, 0.3) is 10.8 Å². The third-order valence-corrected chi connectivity index (χ3v) is 6.27. The normalized spacial score (nSPS) is 12.2. The van der Waals surface area contributed by atoms with E-state index < -0.39 is 45.8 Å². The molecule has 3 rings (SSSR count). The van der Waals surface area contributed by atoms with E-state index in [-0.39, 0.29) is 21.4 Å². The summed E-state index contributed by atoms with van der Waals surface area (Å²) >= 11 is 0. The van der Waals surface area contributed by atoms with E-state index in [1.165, 1.54) is 12.1 Å². The molecule has 7 N–H and O–H groups in total. The summed E-state index contributed by atoms with van der Waals surface area (Å²) in [6.45, 7) is 0. The summed E-state index contributed by atoms with van der Waals surface area (Å²) in [6, 6.07) is 11.4. The number of hydrogen-bond donors (Lipinski definition) is 5. The average Bonchev–Trinajstić information content (AvgIpc) is 2.60. The Balaban J connectivity index is 0.000000269. The first-order chi connectivity index (χ1) is 13.6. The van der Waals surface area contributed by atoms with Crippen molar-refractivity contribution in [1.29, 1.82) is 0 Å². The number of aromatic hydroxyl groups is 1. The van der Waals surface area contributed by atoms with Gasteiger partial charge in [0.15, 0.2) is 0 Å². The molecule has 0 radical (unpaired) electrons. The zero-order chi connectivity index (χ0) is 22.9. The number of anilines is 1. The maximum Gasteiger partial charge on any atom is 0.294 e. The summed E-state index contributed by atoms with van der Waals surface area (Å²) in [4.78, 5) is -1.04. The number of nitrogens with two attached hydrogens (primary N) is 2. The standard InChI is InChI=1S/C10H9NO7S2.C6H7NO2S/c11-8-3-6(19(13,14)15)1-5-2-7(20(16,17)18)4-9(12)10(5)8;7-10(8,9)6-4-2-1-3-5-6/h1-4,12H,11H2,(H,13,14,15)(H,16,17,18);1-5H,(H2,7,8,9). The fraction of sp³-hybridized carbons (Fsp3) is 0. The van der Waals surface area contributed by atoms with Gasteiger partial charge in [0, 0.05) is 17.1 Å². The van der Waals surface area contributed by atoms with Gasteiger partial charge in [-0.3, -0.25) is 9.11 Å². The van der Waals surface area contributed by atoms with Crippen LogP contribution in [-0.4, -0.2) is 39.5 Å². The first kappa shape index (κ1) is 23.5. The Kier molecular flexibility index (Phi) is 6.41. The Hall–Kier alpha value is -2.75. The molecule has 0 heterocycles. The predicted molar refractivity (Wildman–Crippen MR) is 107 cm³/mol. The highest BCUT2D eigenvalue weighted by Gasteiger charge is 2.18. The van der Waals surface area contributed by atoms with Crippen molar-refractivity contribution in [2.24, 2.45) is 5.14 Å². The number of sulfonamides is 1. The lowest BCUT2D eigenvalue weighted by Gasteiger charge is -2.08. The molecule has 0 aliphatic rings. The first-order valence-electron chi connectivity index (χ1n) is 7.70. The maximum absolute atomic E-state index is 11.1. The minimum absolute atomic E-state index is 0.00444. The topological polar surface area (TPSA) is 215 Å². The predicted octanol–water partition coefficient (Wildman–Crippen LogP) is 0.955. The van der Waals surface area contributed by atoms with Gasteiger partial charge in [0.1, 0.15) is 5.75 Å². The van der Waals surface area contributed by atoms with Gasteiger partial charge in [-0.2, -0.15) is 16.8 Å². The molecule has 162 valence electrons. The Labute approximate surface area is 172 Å². The number of hydrogen-bond acceptors (Lipinski definition) is 8. The number of primary sulfonamides is 1. The molecule has 14 heteroatoms. The Morgan fingerprint density at radius 3 is 1.57 bits per heavy atom. The Bertz CT molecular complexity index is 1350. The van der Waals surface area contributed by atoms with E-state index in [0.29, 0.717) is 0 Å². The summed E-state index contributed by atoms with van der Waals surface area (Å²) in [6.07, 6.45) is 0. The van der Waals surface area contributed by atoms with Crippen molar-refractivity contribution in [2.75, 3.05) is 5.73 Å². The van der Waals surface area contributed by atoms with Crippen LogP contribution in [0.2, 0.25) is 0 Å². The summed E-state index contributed by atoms with van der Waals surface area (Å²) in [7, 11) is -12.6. The maximum atomic E-state index is 11.1. The van der Waals surface area contributed by atoms with Crippen molar-refractivity contribution >= 4 is 46.7 Å². The SMILES string of the molecule is NS(=O)(=O)c1ccccc1.Nc1cc(S(=O)(=O)O)cc2cc(S(=O)(=O)O)cc(O)c12. The molecule has 3 aromatic carbocycles. The van der Waals surface area contributed by atoms with Crippen molar-refractivity contribution in [1.82, 2.24) is 0 Å². The molecule has 0 saturated carbocycles. The number of phenolic OH excluding ortho intramolecular Hbond substituents is 1. The van der Waals surface area contributed by atoms with Crippen LogP contribution in [0.5, 0.6) is 5.75 Å². The average molecular weight is 477 g/mol. The van der Waals surface area contributed by atoms with Crippen LogP contribution in [0, 0.1) is 0 Å². The van der Waals surface area contributed by atoms with E-state index in [0.717, 1.165) is 24.3 Å². The van der Waals surface area contributed by atoms with E-state index in [1.807, 2.05) is 0 Å². The molecule has 0 bridgehead atoms. The van der Waals surface area contributed by atoms with Crippen LogP contribution < -0.4 is 10.9 Å². The van der Waals surface area contributed by atoms with Crippen LogP contribution in [0.3, 0.4) is 0 Å². The monoisotopic (exact) mass is 476 g/mol. The van der Waals surface area contributed by atoms with E-state index in [9.17, 15) is 30.4 Å². The van der Waals surface area contributed by atoms with Gasteiger partial charge in [0.05, 0.1) is 14.7 Å². The molecule has 0 spiro atoms. The smallest absolute Gasteiger partial charge is 0.294 e. The van der Waals surface area contributed by atoms with Crippen LogP contribution in [-0.2, 0) is 30.3 Å². The quantitative estimate of drug-likeness (QED) is 0.266. The second-order valence-electron chi connectivity index (χ2n) is 5.86. The number of nitrogen functional groups attached to an aromatic ring is 1. The van der Waals surface area contributed by atoms with Crippen molar-refractivity contribution in [3.05, 3.63) is 54.6 Å². The molecule has 3 aromatic rings. The van der Waals surface area contributed by atoms with E-state index in [2.05, 4.69) is 0 Å². The van der Waals surface area contributed by atoms with Gasteiger partial charge in [-0.1, -0.05) is 18.2 Å². The highest BCUT2D eigenvalue weighted by Crippen LogP contribution is 2.34. The van der Waals surface area contributed by atoms with Crippen molar-refractivity contribution in [2.45, 2.75) is 14.7 Å². The van der Waals surface area contributed by atoms with Crippen molar-refractivity contribution < 1.29 is 39.5 Å². The molecule has 11 nitrogen and oxygen atoms in total. The fourth-order valence-electron chi connectivity index (χ4n) is 2.38. The molecule has 0 unspecified atom stereocenters. The third kappa shape index (κ3) is 5.65. The number of rotatable bonds is 3. The van der Waals surface area contributed by atoms with Crippen LogP contribution in [0.15, 0.2) is 69.3 Å². The highest BCUT2D eigenvalue weighted by atomic mass is 32.2. The zero-order valence-electron chi connectivity index (χ0n) is 14.9. The minimum Gasteiger partial charge on any atom is -0.507 e. The lowest BCUT2D eigenvalue weighted by Crippen LogP contribution is -2.11. The molecular formula is C16H16N2O9S3. The van der Waals surface area contributed by atoms with Crippen LogP contribution in [0.1, 0.15) is 0 Å². The lowest BCUT2D eigenvalue weighted by atomic mass is 10.1. The molecule has 0 amide bonds. The number of phenols is 1. The fourth-order valence-corrected chi connectivity index (χ4v) is 4.00. The molecular weight excluding hydrogens is 460 g/mol. The van der Waals surface area contributed by atoms with Gasteiger partial charge in [0.25, 0.3) is 20.2 Å². The van der Waals surface area contributed by atoms with E-state index >= 15 is 0 Å². The van der Waals surface area contributed by atoms with Crippen LogP contribution in [0.4, 0.5) is 5.69 Å². The second-order valence-corrected chi connectivity index (χ2v) is 10.3. The lowest BCUT2D eigenvalue weighted by molar-refractivity contribution is 0.471.